The van der Waals surface area contributed by atoms with Crippen LogP contribution in [0.4, 0.5) is 5.69 Å². The van der Waals surface area contributed by atoms with Gasteiger partial charge >= 0.3 is 0 Å². The molecule has 0 spiro atoms. The third-order valence-corrected chi connectivity index (χ3v) is 4.26. The molecule has 0 saturated heterocycles. The van der Waals surface area contributed by atoms with Crippen LogP contribution in [0.2, 0.25) is 0 Å². The summed E-state index contributed by atoms with van der Waals surface area (Å²) in [6.07, 6.45) is 0.399. The smallest absolute Gasteiger partial charge is 0.226 e. The first-order chi connectivity index (χ1) is 10.6. The maximum Gasteiger partial charge on any atom is 0.226 e. The van der Waals surface area contributed by atoms with E-state index in [2.05, 4.69) is 15.6 Å². The number of methoxy groups -OCH3 is 1. The van der Waals surface area contributed by atoms with E-state index >= 15 is 0 Å². The van der Waals surface area contributed by atoms with Crippen molar-refractivity contribution in [2.45, 2.75) is 32.9 Å². The van der Waals surface area contributed by atoms with E-state index in [4.69, 9.17) is 4.74 Å². The number of para-hydroxylation sites is 2. The molecule has 1 atom stereocenters. The molecule has 0 saturated carbocycles. The largest absolute Gasteiger partial charge is 0.495 e. The van der Waals surface area contributed by atoms with E-state index in [-0.39, 0.29) is 11.9 Å². The first kappa shape index (κ1) is 16.5. The number of nitrogens with zero attached hydrogens (tertiary/aromatic N) is 1. The van der Waals surface area contributed by atoms with Crippen molar-refractivity contribution in [2.24, 2.45) is 0 Å². The van der Waals surface area contributed by atoms with Crippen molar-refractivity contribution in [1.29, 1.82) is 0 Å². The van der Waals surface area contributed by atoms with Gasteiger partial charge in [0.2, 0.25) is 5.91 Å². The predicted molar refractivity (Wildman–Crippen MR) is 89.4 cm³/mol. The fourth-order valence-corrected chi connectivity index (χ4v) is 2.79. The van der Waals surface area contributed by atoms with Gasteiger partial charge in [0.05, 0.1) is 24.0 Å². The molecule has 0 fully saturated rings. The Hall–Kier alpha value is -1.92. The second kappa shape index (κ2) is 7.91. The lowest BCUT2D eigenvalue weighted by atomic mass is 10.2. The van der Waals surface area contributed by atoms with Crippen LogP contribution < -0.4 is 15.4 Å². The molecule has 2 rings (SSSR count). The third-order valence-electron chi connectivity index (χ3n) is 3.33. The number of benzene rings is 1. The molecule has 6 heteroatoms. The summed E-state index contributed by atoms with van der Waals surface area (Å²) >= 11 is 1.63. The molecule has 2 N–H and O–H groups in total. The number of hydrogen-bond acceptors (Lipinski definition) is 5. The standard InChI is InChI=1S/C16H21N3O2S/c1-11(17-9-15-12(2)18-10-22-15)8-16(20)19-13-6-4-5-7-14(13)21-3/h4-7,10-11,17H,8-9H2,1-3H3,(H,19,20)/t11-/m1/s1. The van der Waals surface area contributed by atoms with E-state index in [0.29, 0.717) is 17.9 Å². The summed E-state index contributed by atoms with van der Waals surface area (Å²) < 4.78 is 5.22. The van der Waals surface area contributed by atoms with Crippen molar-refractivity contribution in [3.05, 3.63) is 40.3 Å². The van der Waals surface area contributed by atoms with Crippen LogP contribution in [0.25, 0.3) is 0 Å². The number of hydrogen-bond donors (Lipinski definition) is 2. The average molecular weight is 319 g/mol. The van der Waals surface area contributed by atoms with E-state index < -0.39 is 0 Å². The summed E-state index contributed by atoms with van der Waals surface area (Å²) in [4.78, 5) is 17.5. The maximum atomic E-state index is 12.1. The number of carbonyl (C=O) groups excluding carboxylic acids is 1. The number of thiazole rings is 1. The zero-order valence-corrected chi connectivity index (χ0v) is 13.9. The van der Waals surface area contributed by atoms with Gasteiger partial charge in [-0.2, -0.15) is 0 Å². The molecular weight excluding hydrogens is 298 g/mol. The molecule has 5 nitrogen and oxygen atoms in total. The van der Waals surface area contributed by atoms with Gasteiger partial charge in [0.15, 0.2) is 0 Å². The molecule has 1 amide bonds. The van der Waals surface area contributed by atoms with Crippen molar-refractivity contribution < 1.29 is 9.53 Å². The molecule has 0 aliphatic carbocycles. The Kier molecular flexibility index (Phi) is 5.91. The van der Waals surface area contributed by atoms with Crippen molar-refractivity contribution in [1.82, 2.24) is 10.3 Å². The molecule has 22 heavy (non-hydrogen) atoms. The lowest BCUT2D eigenvalue weighted by Gasteiger charge is -2.14. The van der Waals surface area contributed by atoms with E-state index in [1.807, 2.05) is 43.6 Å². The van der Waals surface area contributed by atoms with Gasteiger partial charge in [-0.1, -0.05) is 12.1 Å². The monoisotopic (exact) mass is 319 g/mol. The van der Waals surface area contributed by atoms with Crippen LogP contribution in [0.15, 0.2) is 29.8 Å². The molecular formula is C16H21N3O2S. The molecule has 0 radical (unpaired) electrons. The maximum absolute atomic E-state index is 12.1. The van der Waals surface area contributed by atoms with Gasteiger partial charge in [-0.05, 0) is 26.0 Å². The number of rotatable bonds is 7. The summed E-state index contributed by atoms with van der Waals surface area (Å²) in [5.74, 6) is 0.627. The van der Waals surface area contributed by atoms with Crippen molar-refractivity contribution in [2.75, 3.05) is 12.4 Å². The number of amides is 1. The third kappa shape index (κ3) is 4.54. The normalized spacial score (nSPS) is 12.0. The van der Waals surface area contributed by atoms with E-state index in [1.165, 1.54) is 4.88 Å². The van der Waals surface area contributed by atoms with Crippen LogP contribution in [0.5, 0.6) is 5.75 Å². The lowest BCUT2D eigenvalue weighted by Crippen LogP contribution is -2.30. The number of ether oxygens (including phenoxy) is 1. The highest BCUT2D eigenvalue weighted by molar-refractivity contribution is 7.09. The molecule has 2 aromatic rings. The minimum Gasteiger partial charge on any atom is -0.495 e. The SMILES string of the molecule is COc1ccccc1NC(=O)C[C@@H](C)NCc1scnc1C. The van der Waals surface area contributed by atoms with Crippen LogP contribution in [-0.2, 0) is 11.3 Å². The Morgan fingerprint density at radius 3 is 2.86 bits per heavy atom. The van der Waals surface area contributed by atoms with E-state index in [0.717, 1.165) is 12.2 Å². The number of aryl methyl sites for hydroxylation is 1. The van der Waals surface area contributed by atoms with Gasteiger partial charge < -0.3 is 15.4 Å². The molecule has 0 aliphatic rings. The second-order valence-electron chi connectivity index (χ2n) is 5.10. The van der Waals surface area contributed by atoms with Crippen LogP contribution in [-0.4, -0.2) is 24.0 Å². The van der Waals surface area contributed by atoms with Crippen LogP contribution in [0, 0.1) is 6.92 Å². The minimum absolute atomic E-state index is 0.0365. The second-order valence-corrected chi connectivity index (χ2v) is 6.03. The molecule has 118 valence electrons. The molecule has 1 aromatic carbocycles. The van der Waals surface area contributed by atoms with Gasteiger partial charge in [-0.3, -0.25) is 4.79 Å². The quantitative estimate of drug-likeness (QED) is 0.823. The van der Waals surface area contributed by atoms with Crippen molar-refractivity contribution in [3.8, 4) is 5.75 Å². The van der Waals surface area contributed by atoms with E-state index in [1.54, 1.807) is 18.4 Å². The highest BCUT2D eigenvalue weighted by atomic mass is 32.1. The highest BCUT2D eigenvalue weighted by Gasteiger charge is 2.12. The summed E-state index contributed by atoms with van der Waals surface area (Å²) in [5.41, 5.74) is 3.58. The zero-order chi connectivity index (χ0) is 15.9. The molecule has 0 unspecified atom stereocenters. The Balaban J connectivity index is 1.82. The summed E-state index contributed by atoms with van der Waals surface area (Å²) in [6.45, 7) is 4.73. The first-order valence-corrected chi connectivity index (χ1v) is 8.03. The number of nitrogens with one attached hydrogen (secondary N) is 2. The Morgan fingerprint density at radius 2 is 2.18 bits per heavy atom. The molecule has 1 aromatic heterocycles. The van der Waals surface area contributed by atoms with Crippen molar-refractivity contribution in [3.63, 3.8) is 0 Å². The average Bonchev–Trinajstić information content (AvgIpc) is 2.91. The van der Waals surface area contributed by atoms with Gasteiger partial charge in [0.1, 0.15) is 5.75 Å². The van der Waals surface area contributed by atoms with Gasteiger partial charge in [-0.15, -0.1) is 11.3 Å². The minimum atomic E-state index is -0.0365. The Labute approximate surface area is 134 Å². The van der Waals surface area contributed by atoms with E-state index in [9.17, 15) is 4.79 Å². The van der Waals surface area contributed by atoms with Gasteiger partial charge in [0, 0.05) is 23.9 Å². The van der Waals surface area contributed by atoms with Crippen LogP contribution in [0.3, 0.4) is 0 Å². The fraction of sp³-hybridized carbons (Fsp3) is 0.375. The summed E-state index contributed by atoms with van der Waals surface area (Å²) in [7, 11) is 1.59. The zero-order valence-electron chi connectivity index (χ0n) is 13.1. The van der Waals surface area contributed by atoms with Gasteiger partial charge in [-0.25, -0.2) is 4.98 Å². The molecule has 0 bridgehead atoms. The van der Waals surface area contributed by atoms with Gasteiger partial charge in [0.25, 0.3) is 0 Å². The lowest BCUT2D eigenvalue weighted by molar-refractivity contribution is -0.116. The van der Waals surface area contributed by atoms with Crippen LogP contribution in [0.1, 0.15) is 23.9 Å². The first-order valence-electron chi connectivity index (χ1n) is 7.15. The topological polar surface area (TPSA) is 63.2 Å². The highest BCUT2D eigenvalue weighted by Crippen LogP contribution is 2.23. The van der Waals surface area contributed by atoms with Crippen LogP contribution >= 0.6 is 11.3 Å². The summed E-state index contributed by atoms with van der Waals surface area (Å²) in [5, 5.41) is 6.23. The fourth-order valence-electron chi connectivity index (χ4n) is 2.06. The number of anilines is 1. The number of aromatic nitrogens is 1. The molecule has 1 heterocycles. The van der Waals surface area contributed by atoms with Crippen molar-refractivity contribution >= 4 is 22.9 Å². The predicted octanol–water partition coefficient (Wildman–Crippen LogP) is 2.97. The Morgan fingerprint density at radius 1 is 1.41 bits per heavy atom. The number of carbonyl (C=O) groups is 1. The summed E-state index contributed by atoms with van der Waals surface area (Å²) in [6, 6.07) is 7.47. The molecule has 0 aliphatic heterocycles. The Bertz CT molecular complexity index is 627.